The van der Waals surface area contributed by atoms with Crippen LogP contribution >= 0.6 is 0 Å². The Hall–Kier alpha value is -5.39. The van der Waals surface area contributed by atoms with Gasteiger partial charge in [-0.3, -0.25) is 14.5 Å². The predicted molar refractivity (Wildman–Crippen MR) is 203 cm³/mol. The molecule has 0 unspecified atom stereocenters. The van der Waals surface area contributed by atoms with E-state index >= 15 is 0 Å². The average Bonchev–Trinajstić information content (AvgIpc) is 3.47. The van der Waals surface area contributed by atoms with Crippen LogP contribution in [-0.4, -0.2) is 88.8 Å². The molecule has 0 bridgehead atoms. The number of ether oxygens (including phenoxy) is 3. The molecule has 3 aromatic rings. The number of carbonyl (C=O) groups excluding carboxylic acids is 5. The first-order valence-electron chi connectivity index (χ1n) is 18.6. The fraction of sp³-hybridized carbons (Fsp3) is 0.452. The molecule has 0 radical (unpaired) electrons. The smallest absolute Gasteiger partial charge is 0.429 e. The number of hydrogen-bond acceptors (Lipinski definition) is 8. The number of nitrogens with one attached hydrogen (secondary N) is 1. The normalized spacial score (nSPS) is 16.5. The number of rotatable bonds is 11. The molecule has 1 heterocycles. The SMILES string of the molecule is CC(C)C[C@H](NC(=O)[C@H]1CCCN(C(=O)OCc2ccccc2)N1C(=O)[C@H](C)N(C)C(=O)OCC1c2ccccc2-c2ccccc21)C(=O)OC(C)(C)C. The lowest BCUT2D eigenvalue weighted by molar-refractivity contribution is -0.168. The van der Waals surface area contributed by atoms with E-state index in [2.05, 4.69) is 5.32 Å². The summed E-state index contributed by atoms with van der Waals surface area (Å²) in [7, 11) is 1.44. The lowest BCUT2D eigenvalue weighted by Gasteiger charge is -2.44. The molecule has 54 heavy (non-hydrogen) atoms. The van der Waals surface area contributed by atoms with Crippen molar-refractivity contribution in [1.29, 1.82) is 0 Å². The molecular formula is C42H52N4O8. The summed E-state index contributed by atoms with van der Waals surface area (Å²) in [5.74, 6) is -2.07. The van der Waals surface area contributed by atoms with Crippen molar-refractivity contribution in [2.24, 2.45) is 5.92 Å². The van der Waals surface area contributed by atoms with E-state index in [1.807, 2.05) is 80.6 Å². The van der Waals surface area contributed by atoms with Crippen molar-refractivity contribution in [1.82, 2.24) is 20.2 Å². The van der Waals surface area contributed by atoms with E-state index in [0.29, 0.717) is 12.8 Å². The number of amides is 4. The van der Waals surface area contributed by atoms with Gasteiger partial charge in [-0.2, -0.15) is 0 Å². The third kappa shape index (κ3) is 9.39. The van der Waals surface area contributed by atoms with Crippen LogP contribution in [0.1, 0.15) is 83.4 Å². The Morgan fingerprint density at radius 1 is 0.852 bits per heavy atom. The van der Waals surface area contributed by atoms with Gasteiger partial charge in [0.1, 0.15) is 36.9 Å². The van der Waals surface area contributed by atoms with Crippen molar-refractivity contribution in [3.8, 4) is 11.1 Å². The van der Waals surface area contributed by atoms with Crippen molar-refractivity contribution in [3.05, 3.63) is 95.6 Å². The Labute approximate surface area is 317 Å². The van der Waals surface area contributed by atoms with E-state index in [0.717, 1.165) is 42.7 Å². The first-order chi connectivity index (χ1) is 25.7. The molecule has 12 heteroatoms. The maximum Gasteiger partial charge on any atom is 0.429 e. The molecule has 5 rings (SSSR count). The Morgan fingerprint density at radius 3 is 2.04 bits per heavy atom. The van der Waals surface area contributed by atoms with Gasteiger partial charge in [-0.15, -0.1) is 0 Å². The minimum absolute atomic E-state index is 0.0299. The maximum atomic E-state index is 14.5. The van der Waals surface area contributed by atoms with Gasteiger partial charge < -0.3 is 19.5 Å². The predicted octanol–water partition coefficient (Wildman–Crippen LogP) is 6.67. The first kappa shape index (κ1) is 39.8. The van der Waals surface area contributed by atoms with Gasteiger partial charge in [-0.25, -0.2) is 24.4 Å². The van der Waals surface area contributed by atoms with Gasteiger partial charge in [0.15, 0.2) is 0 Å². The van der Waals surface area contributed by atoms with Crippen molar-refractivity contribution in [3.63, 3.8) is 0 Å². The van der Waals surface area contributed by atoms with Gasteiger partial charge in [0.05, 0.1) is 0 Å². The number of esters is 1. The molecule has 1 saturated heterocycles. The zero-order valence-electron chi connectivity index (χ0n) is 32.2. The highest BCUT2D eigenvalue weighted by atomic mass is 16.6. The first-order valence-corrected chi connectivity index (χ1v) is 18.6. The van der Waals surface area contributed by atoms with E-state index < -0.39 is 53.7 Å². The van der Waals surface area contributed by atoms with E-state index in [9.17, 15) is 24.0 Å². The van der Waals surface area contributed by atoms with Crippen LogP contribution in [0, 0.1) is 5.92 Å². The second kappa shape index (κ2) is 17.2. The van der Waals surface area contributed by atoms with Crippen LogP contribution in [0.15, 0.2) is 78.9 Å². The van der Waals surface area contributed by atoms with Crippen molar-refractivity contribution in [2.75, 3.05) is 20.2 Å². The van der Waals surface area contributed by atoms with Crippen LogP contribution in [0.25, 0.3) is 11.1 Å². The highest BCUT2D eigenvalue weighted by molar-refractivity contribution is 5.94. The molecule has 0 aromatic heterocycles. The number of nitrogens with zero attached hydrogens (tertiary/aromatic N) is 3. The topological polar surface area (TPSA) is 135 Å². The molecule has 1 N–H and O–H groups in total. The minimum Gasteiger partial charge on any atom is -0.458 e. The summed E-state index contributed by atoms with van der Waals surface area (Å²) in [5, 5.41) is 5.00. The van der Waals surface area contributed by atoms with Gasteiger partial charge in [0.2, 0.25) is 5.91 Å². The summed E-state index contributed by atoms with van der Waals surface area (Å²) in [4.78, 5) is 70.2. The van der Waals surface area contributed by atoms with E-state index in [-0.39, 0.29) is 38.0 Å². The molecular weight excluding hydrogens is 688 g/mol. The maximum absolute atomic E-state index is 14.5. The number of hydrazine groups is 1. The molecule has 12 nitrogen and oxygen atoms in total. The van der Waals surface area contributed by atoms with Crippen molar-refractivity contribution < 1.29 is 38.2 Å². The van der Waals surface area contributed by atoms with Crippen LogP contribution in [-0.2, 0) is 35.2 Å². The zero-order valence-corrected chi connectivity index (χ0v) is 32.2. The van der Waals surface area contributed by atoms with Gasteiger partial charge in [0.25, 0.3) is 5.91 Å². The largest absolute Gasteiger partial charge is 0.458 e. The molecule has 0 spiro atoms. The van der Waals surface area contributed by atoms with Crippen LogP contribution in [0.2, 0.25) is 0 Å². The Kier molecular flexibility index (Phi) is 12.7. The quantitative estimate of drug-likeness (QED) is 0.170. The number of fused-ring (bicyclic) bond motifs is 3. The molecule has 4 amide bonds. The number of carbonyl (C=O) groups is 5. The Bertz CT molecular complexity index is 1780. The standard InChI is InChI=1S/C42H52N4O8/c1-27(2)24-35(39(49)54-42(4,5)6)43-37(47)36-22-15-23-45(41(51)52-25-29-16-9-8-10-17-29)46(36)38(48)28(3)44(7)40(50)53-26-34-32-20-13-11-18-30(32)31-19-12-14-21-33(31)34/h8-14,16-21,27-28,34-36H,15,22-26H2,1-7H3,(H,43,47)/t28-,35-,36+/m0/s1. The van der Waals surface area contributed by atoms with Gasteiger partial charge in [0, 0.05) is 19.5 Å². The van der Waals surface area contributed by atoms with Gasteiger partial charge in [-0.05, 0) is 80.7 Å². The molecule has 3 atom stereocenters. The highest BCUT2D eigenvalue weighted by Crippen LogP contribution is 2.44. The molecule has 2 aliphatic rings. The molecule has 1 aliphatic carbocycles. The summed E-state index contributed by atoms with van der Waals surface area (Å²) >= 11 is 0. The van der Waals surface area contributed by atoms with E-state index in [1.165, 1.54) is 14.0 Å². The second-order valence-corrected chi connectivity index (χ2v) is 15.3. The Balaban J connectivity index is 1.35. The van der Waals surface area contributed by atoms with Crippen LogP contribution in [0.3, 0.4) is 0 Å². The zero-order chi connectivity index (χ0) is 39.2. The molecule has 0 saturated carbocycles. The number of hydrogen-bond donors (Lipinski definition) is 1. The molecule has 1 aliphatic heterocycles. The fourth-order valence-corrected chi connectivity index (χ4v) is 6.86. The lowest BCUT2D eigenvalue weighted by atomic mass is 9.98. The summed E-state index contributed by atoms with van der Waals surface area (Å²) in [6, 6.07) is 21.7. The van der Waals surface area contributed by atoms with Crippen LogP contribution < -0.4 is 5.32 Å². The fourth-order valence-electron chi connectivity index (χ4n) is 6.86. The summed E-state index contributed by atoms with van der Waals surface area (Å²) in [6.07, 6.45) is -0.697. The Morgan fingerprint density at radius 2 is 1.44 bits per heavy atom. The second-order valence-electron chi connectivity index (χ2n) is 15.3. The summed E-state index contributed by atoms with van der Waals surface area (Å²) < 4.78 is 17.1. The van der Waals surface area contributed by atoms with Crippen molar-refractivity contribution >= 4 is 30.0 Å². The highest BCUT2D eigenvalue weighted by Gasteiger charge is 2.44. The van der Waals surface area contributed by atoms with Crippen LogP contribution in [0.4, 0.5) is 9.59 Å². The number of likely N-dealkylation sites (N-methyl/N-ethyl adjacent to an activating group) is 1. The van der Waals surface area contributed by atoms with E-state index in [1.54, 1.807) is 32.9 Å². The van der Waals surface area contributed by atoms with Crippen LogP contribution in [0.5, 0.6) is 0 Å². The molecule has 288 valence electrons. The third-order valence-electron chi connectivity index (χ3n) is 9.62. The minimum atomic E-state index is -1.19. The average molecular weight is 741 g/mol. The monoisotopic (exact) mass is 740 g/mol. The lowest BCUT2D eigenvalue weighted by Crippen LogP contribution is -2.65. The van der Waals surface area contributed by atoms with Gasteiger partial charge >= 0.3 is 18.2 Å². The molecule has 1 fully saturated rings. The number of benzene rings is 3. The molecule has 3 aromatic carbocycles. The van der Waals surface area contributed by atoms with E-state index in [4.69, 9.17) is 14.2 Å². The van der Waals surface area contributed by atoms with Crippen molar-refractivity contribution in [2.45, 2.75) is 97.1 Å². The third-order valence-corrected chi connectivity index (χ3v) is 9.62. The summed E-state index contributed by atoms with van der Waals surface area (Å²) in [5.41, 5.74) is 4.22. The summed E-state index contributed by atoms with van der Waals surface area (Å²) in [6.45, 7) is 10.7. The van der Waals surface area contributed by atoms with Gasteiger partial charge in [-0.1, -0.05) is 92.7 Å².